The van der Waals surface area contributed by atoms with Crippen molar-refractivity contribution in [2.45, 2.75) is 19.1 Å². The summed E-state index contributed by atoms with van der Waals surface area (Å²) in [6.45, 7) is 1.83. The van der Waals surface area contributed by atoms with Crippen LogP contribution >= 0.6 is 0 Å². The molecule has 1 atom stereocenters. The Morgan fingerprint density at radius 2 is 1.79 bits per heavy atom. The molecule has 0 aliphatic heterocycles. The molecule has 4 aromatic rings. The fourth-order valence-electron chi connectivity index (χ4n) is 3.51. The molecule has 1 N–H and O–H groups in total. The monoisotopic (exact) mass is 451 g/mol. The largest absolute Gasteiger partial charge is 0.497 e. The second-order valence-electron chi connectivity index (χ2n) is 7.50. The second-order valence-corrected chi connectivity index (χ2v) is 7.50. The van der Waals surface area contributed by atoms with E-state index in [0.717, 1.165) is 17.8 Å². The summed E-state index contributed by atoms with van der Waals surface area (Å²) >= 11 is 0. The summed E-state index contributed by atoms with van der Waals surface area (Å²) in [5.74, 6) is 0.181. The molecule has 1 amide bonds. The number of nitrogens with zero attached hydrogens (tertiary/aromatic N) is 2. The molecule has 2 aromatic carbocycles. The van der Waals surface area contributed by atoms with Crippen molar-refractivity contribution >= 4 is 16.8 Å². The number of rotatable bonds is 5. The minimum atomic E-state index is -4.41. The molecule has 0 saturated heterocycles. The number of carbonyl (C=O) groups excluding carboxylic acids is 1. The zero-order valence-electron chi connectivity index (χ0n) is 17.9. The molecule has 8 heteroatoms. The SMILES string of the molecule is COc1cc(-c2ccc(C(F)(F)F)cc2)c2ncc(C(=O)N[C@H](C)c3ccccn3)cc2c1. The number of fused-ring (bicyclic) bond motifs is 1. The van der Waals surface area contributed by atoms with E-state index >= 15 is 0 Å². The Morgan fingerprint density at radius 1 is 1.03 bits per heavy atom. The first kappa shape index (κ1) is 22.3. The van der Waals surface area contributed by atoms with E-state index in [-0.39, 0.29) is 11.9 Å². The van der Waals surface area contributed by atoms with Crippen molar-refractivity contribution in [1.82, 2.24) is 15.3 Å². The fraction of sp³-hybridized carbons (Fsp3) is 0.160. The number of hydrogen-bond donors (Lipinski definition) is 1. The highest BCUT2D eigenvalue weighted by atomic mass is 19.4. The first-order valence-electron chi connectivity index (χ1n) is 10.1. The summed E-state index contributed by atoms with van der Waals surface area (Å²) < 4.78 is 44.2. The van der Waals surface area contributed by atoms with Gasteiger partial charge in [-0.2, -0.15) is 13.2 Å². The molecule has 0 fully saturated rings. The first-order chi connectivity index (χ1) is 15.8. The van der Waals surface area contributed by atoms with Crippen molar-refractivity contribution in [1.29, 1.82) is 0 Å². The highest BCUT2D eigenvalue weighted by molar-refractivity contribution is 6.01. The van der Waals surface area contributed by atoms with E-state index in [1.165, 1.54) is 25.4 Å². The molecule has 0 saturated carbocycles. The number of ether oxygens (including phenoxy) is 1. The third-order valence-corrected chi connectivity index (χ3v) is 5.26. The average Bonchev–Trinajstić information content (AvgIpc) is 2.83. The smallest absolute Gasteiger partial charge is 0.416 e. The van der Waals surface area contributed by atoms with Crippen LogP contribution in [-0.2, 0) is 6.18 Å². The van der Waals surface area contributed by atoms with Gasteiger partial charge in [-0.25, -0.2) is 0 Å². The van der Waals surface area contributed by atoms with Gasteiger partial charge in [-0.15, -0.1) is 0 Å². The van der Waals surface area contributed by atoms with E-state index in [1.807, 2.05) is 19.1 Å². The van der Waals surface area contributed by atoms with Gasteiger partial charge >= 0.3 is 6.18 Å². The predicted octanol–water partition coefficient (Wildman–Crippen LogP) is 5.82. The Bertz CT molecular complexity index is 1290. The average molecular weight is 451 g/mol. The van der Waals surface area contributed by atoms with Crippen molar-refractivity contribution in [3.05, 3.63) is 89.9 Å². The van der Waals surface area contributed by atoms with Crippen LogP contribution < -0.4 is 10.1 Å². The lowest BCUT2D eigenvalue weighted by Crippen LogP contribution is -2.27. The maximum Gasteiger partial charge on any atom is 0.416 e. The fourth-order valence-corrected chi connectivity index (χ4v) is 3.51. The van der Waals surface area contributed by atoms with E-state index in [4.69, 9.17) is 4.74 Å². The lowest BCUT2D eigenvalue weighted by atomic mass is 9.99. The number of carbonyl (C=O) groups is 1. The van der Waals surface area contributed by atoms with Crippen LogP contribution in [-0.4, -0.2) is 23.0 Å². The lowest BCUT2D eigenvalue weighted by Gasteiger charge is -2.14. The molecule has 0 aliphatic rings. The standard InChI is InChI=1S/C25H20F3N3O2/c1-15(22-5-3-4-10-29-22)31-24(32)18-11-17-12-20(33-2)13-21(23(17)30-14-18)16-6-8-19(9-7-16)25(26,27)28/h3-15H,1-2H3,(H,31,32)/t15-/m1/s1. The third-order valence-electron chi connectivity index (χ3n) is 5.26. The second kappa shape index (κ2) is 8.90. The van der Waals surface area contributed by atoms with E-state index < -0.39 is 11.7 Å². The summed E-state index contributed by atoms with van der Waals surface area (Å²) in [5.41, 5.74) is 2.05. The van der Waals surface area contributed by atoms with Crippen LogP contribution in [0.5, 0.6) is 5.75 Å². The van der Waals surface area contributed by atoms with Crippen molar-refractivity contribution in [2.75, 3.05) is 7.11 Å². The quantitative estimate of drug-likeness (QED) is 0.416. The zero-order chi connectivity index (χ0) is 23.6. The van der Waals surface area contributed by atoms with Crippen LogP contribution in [0.25, 0.3) is 22.0 Å². The molecule has 0 unspecified atom stereocenters. The van der Waals surface area contributed by atoms with Gasteiger partial charge in [0.2, 0.25) is 0 Å². The molecule has 0 aliphatic carbocycles. The number of hydrogen-bond acceptors (Lipinski definition) is 4. The summed E-state index contributed by atoms with van der Waals surface area (Å²) in [6.07, 6.45) is -1.31. The van der Waals surface area contributed by atoms with Gasteiger partial charge in [0.15, 0.2) is 0 Å². The summed E-state index contributed by atoms with van der Waals surface area (Å²) in [7, 11) is 1.50. The van der Waals surface area contributed by atoms with E-state index in [2.05, 4.69) is 15.3 Å². The zero-order valence-corrected chi connectivity index (χ0v) is 17.9. The molecular formula is C25H20F3N3O2. The van der Waals surface area contributed by atoms with Gasteiger partial charge in [0.05, 0.1) is 35.5 Å². The maximum atomic E-state index is 12.9. The number of methoxy groups -OCH3 is 1. The molecular weight excluding hydrogens is 431 g/mol. The van der Waals surface area contributed by atoms with Crippen molar-refractivity contribution in [3.8, 4) is 16.9 Å². The maximum absolute atomic E-state index is 12.9. The van der Waals surface area contributed by atoms with Crippen LogP contribution in [0, 0.1) is 0 Å². The van der Waals surface area contributed by atoms with Gasteiger partial charge in [0, 0.05) is 23.3 Å². The number of halogens is 3. The number of amides is 1. The Kier molecular flexibility index (Phi) is 6.00. The van der Waals surface area contributed by atoms with Crippen molar-refractivity contribution in [2.24, 2.45) is 0 Å². The molecule has 0 radical (unpaired) electrons. The highest BCUT2D eigenvalue weighted by Crippen LogP contribution is 2.35. The molecule has 4 rings (SSSR count). The van der Waals surface area contributed by atoms with Crippen molar-refractivity contribution < 1.29 is 22.7 Å². The van der Waals surface area contributed by atoms with Crippen LogP contribution in [0.2, 0.25) is 0 Å². The number of aromatic nitrogens is 2. The van der Waals surface area contributed by atoms with Gasteiger partial charge < -0.3 is 10.1 Å². The molecule has 2 heterocycles. The van der Waals surface area contributed by atoms with Gasteiger partial charge in [0.1, 0.15) is 5.75 Å². The molecule has 0 spiro atoms. The van der Waals surface area contributed by atoms with Crippen LogP contribution in [0.15, 0.2) is 73.1 Å². The van der Waals surface area contributed by atoms with E-state index in [1.54, 1.807) is 30.5 Å². The summed E-state index contributed by atoms with van der Waals surface area (Å²) in [4.78, 5) is 21.5. The summed E-state index contributed by atoms with van der Waals surface area (Å²) in [5, 5.41) is 3.52. The van der Waals surface area contributed by atoms with Crippen LogP contribution in [0.3, 0.4) is 0 Å². The summed E-state index contributed by atoms with van der Waals surface area (Å²) in [6, 6.07) is 15.1. The van der Waals surface area contributed by atoms with Crippen LogP contribution in [0.4, 0.5) is 13.2 Å². The highest BCUT2D eigenvalue weighted by Gasteiger charge is 2.30. The molecule has 5 nitrogen and oxygen atoms in total. The number of benzene rings is 2. The molecule has 168 valence electrons. The van der Waals surface area contributed by atoms with E-state index in [0.29, 0.717) is 33.3 Å². The number of pyridine rings is 2. The molecule has 2 aromatic heterocycles. The first-order valence-corrected chi connectivity index (χ1v) is 10.1. The van der Waals surface area contributed by atoms with Gasteiger partial charge in [-0.05, 0) is 55.0 Å². The Labute approximate surface area is 188 Å². The topological polar surface area (TPSA) is 64.1 Å². The van der Waals surface area contributed by atoms with E-state index in [9.17, 15) is 18.0 Å². The third kappa shape index (κ3) is 4.79. The Balaban J connectivity index is 1.69. The van der Waals surface area contributed by atoms with Gasteiger partial charge in [-0.3, -0.25) is 14.8 Å². The van der Waals surface area contributed by atoms with Gasteiger partial charge in [0.25, 0.3) is 5.91 Å². The van der Waals surface area contributed by atoms with Crippen molar-refractivity contribution in [3.63, 3.8) is 0 Å². The van der Waals surface area contributed by atoms with Crippen LogP contribution in [0.1, 0.15) is 34.6 Å². The minimum absolute atomic E-state index is 0.303. The van der Waals surface area contributed by atoms with Gasteiger partial charge in [-0.1, -0.05) is 18.2 Å². The lowest BCUT2D eigenvalue weighted by molar-refractivity contribution is -0.137. The Hall–Kier alpha value is -3.94. The minimum Gasteiger partial charge on any atom is -0.497 e. The molecule has 33 heavy (non-hydrogen) atoms. The number of alkyl halides is 3. The predicted molar refractivity (Wildman–Crippen MR) is 119 cm³/mol. The normalized spacial score (nSPS) is 12.4. The molecule has 0 bridgehead atoms. The number of nitrogens with one attached hydrogen (secondary N) is 1. The Morgan fingerprint density at radius 3 is 2.42 bits per heavy atom.